The molecule has 3 rings (SSSR count). The van der Waals surface area contributed by atoms with Crippen LogP contribution in [-0.2, 0) is 21.4 Å². The first-order valence-electron chi connectivity index (χ1n) is 11.3. The summed E-state index contributed by atoms with van der Waals surface area (Å²) in [6.07, 6.45) is 0.00332. The SMILES string of the molecule is CCN(CC)CCn1c(NC(=O)CCNS(=O)(=O)c2cc(C)ccc2C)nc2ccccc21. The number of para-hydroxylation sites is 2. The van der Waals surface area contributed by atoms with Crippen molar-refractivity contribution in [1.82, 2.24) is 19.2 Å². The molecule has 178 valence electrons. The van der Waals surface area contributed by atoms with Gasteiger partial charge < -0.3 is 9.47 Å². The first-order valence-corrected chi connectivity index (χ1v) is 12.8. The van der Waals surface area contributed by atoms with E-state index in [0.29, 0.717) is 18.1 Å². The second-order valence-corrected chi connectivity index (χ2v) is 9.80. The first kappa shape index (κ1) is 24.9. The van der Waals surface area contributed by atoms with Crippen LogP contribution in [0.1, 0.15) is 31.4 Å². The van der Waals surface area contributed by atoms with Crippen molar-refractivity contribution >= 4 is 32.9 Å². The molecule has 0 saturated heterocycles. The monoisotopic (exact) mass is 471 g/mol. The highest BCUT2D eigenvalue weighted by molar-refractivity contribution is 7.89. The van der Waals surface area contributed by atoms with Gasteiger partial charge in [-0.25, -0.2) is 18.1 Å². The molecule has 1 aromatic heterocycles. The Morgan fingerprint density at radius 2 is 1.82 bits per heavy atom. The van der Waals surface area contributed by atoms with Gasteiger partial charge in [-0.05, 0) is 56.3 Å². The van der Waals surface area contributed by atoms with Crippen molar-refractivity contribution in [3.63, 3.8) is 0 Å². The van der Waals surface area contributed by atoms with E-state index < -0.39 is 10.0 Å². The Hall–Kier alpha value is -2.75. The van der Waals surface area contributed by atoms with Crippen molar-refractivity contribution in [2.75, 3.05) is 31.5 Å². The third kappa shape index (κ3) is 6.19. The number of nitrogens with zero attached hydrogens (tertiary/aromatic N) is 3. The third-order valence-corrected chi connectivity index (χ3v) is 7.32. The molecule has 0 atom stereocenters. The van der Waals surface area contributed by atoms with E-state index in [4.69, 9.17) is 0 Å². The van der Waals surface area contributed by atoms with Gasteiger partial charge in [0.2, 0.25) is 21.9 Å². The van der Waals surface area contributed by atoms with Gasteiger partial charge in [-0.1, -0.05) is 38.1 Å². The molecule has 33 heavy (non-hydrogen) atoms. The van der Waals surface area contributed by atoms with Gasteiger partial charge in [-0.2, -0.15) is 0 Å². The first-order chi connectivity index (χ1) is 15.7. The number of imidazole rings is 1. The number of rotatable bonds is 11. The maximum atomic E-state index is 12.7. The van der Waals surface area contributed by atoms with E-state index in [9.17, 15) is 13.2 Å². The van der Waals surface area contributed by atoms with E-state index in [-0.39, 0.29) is 23.8 Å². The Labute approximate surface area is 196 Å². The Morgan fingerprint density at radius 1 is 1.09 bits per heavy atom. The van der Waals surface area contributed by atoms with Crippen LogP contribution in [0.4, 0.5) is 5.95 Å². The van der Waals surface area contributed by atoms with Crippen LogP contribution in [-0.4, -0.2) is 55.0 Å². The Kier molecular flexibility index (Phi) is 8.23. The van der Waals surface area contributed by atoms with Crippen molar-refractivity contribution in [2.45, 2.75) is 45.6 Å². The van der Waals surface area contributed by atoms with Crippen molar-refractivity contribution in [1.29, 1.82) is 0 Å². The number of hydrogen-bond donors (Lipinski definition) is 2. The fourth-order valence-electron chi connectivity index (χ4n) is 3.74. The molecule has 0 unspecified atom stereocenters. The maximum absolute atomic E-state index is 12.7. The topological polar surface area (TPSA) is 96.3 Å². The predicted molar refractivity (Wildman–Crippen MR) is 132 cm³/mol. The summed E-state index contributed by atoms with van der Waals surface area (Å²) in [5.41, 5.74) is 3.29. The molecule has 2 aromatic carbocycles. The van der Waals surface area contributed by atoms with Gasteiger partial charge in [0.05, 0.1) is 15.9 Å². The molecule has 1 amide bonds. The zero-order chi connectivity index (χ0) is 24.0. The molecule has 2 N–H and O–H groups in total. The number of amides is 1. The molecule has 0 fully saturated rings. The minimum atomic E-state index is -3.69. The lowest BCUT2D eigenvalue weighted by Crippen LogP contribution is -2.29. The standard InChI is InChI=1S/C24H33N5O3S/c1-5-28(6-2)15-16-29-21-10-8-7-9-20(21)26-24(29)27-23(30)13-14-25-33(31,32)22-17-18(3)11-12-19(22)4/h7-12,17,25H,5-6,13-16H2,1-4H3,(H,26,27,30). The van der Waals surface area contributed by atoms with Crippen LogP contribution in [0, 0.1) is 13.8 Å². The number of carbonyl (C=O) groups is 1. The van der Waals surface area contributed by atoms with E-state index in [0.717, 1.165) is 36.2 Å². The van der Waals surface area contributed by atoms with Crippen LogP contribution in [0.3, 0.4) is 0 Å². The molecule has 0 aliphatic heterocycles. The molecule has 8 nitrogen and oxygen atoms in total. The molecule has 0 bridgehead atoms. The summed E-state index contributed by atoms with van der Waals surface area (Å²) in [6.45, 7) is 11.3. The zero-order valence-corrected chi connectivity index (χ0v) is 20.6. The van der Waals surface area contributed by atoms with Crippen LogP contribution in [0.2, 0.25) is 0 Å². The fourth-order valence-corrected chi connectivity index (χ4v) is 5.10. The number of carbonyl (C=O) groups excluding carboxylic acids is 1. The predicted octanol–water partition coefficient (Wildman–Crippen LogP) is 3.30. The Morgan fingerprint density at radius 3 is 2.55 bits per heavy atom. The fraction of sp³-hybridized carbons (Fsp3) is 0.417. The van der Waals surface area contributed by atoms with Crippen molar-refractivity contribution in [2.24, 2.45) is 0 Å². The number of fused-ring (bicyclic) bond motifs is 1. The number of nitrogens with one attached hydrogen (secondary N) is 2. The Balaban J connectivity index is 1.67. The van der Waals surface area contributed by atoms with Gasteiger partial charge >= 0.3 is 0 Å². The molecular weight excluding hydrogens is 438 g/mol. The maximum Gasteiger partial charge on any atom is 0.240 e. The van der Waals surface area contributed by atoms with Gasteiger partial charge in [0.1, 0.15) is 0 Å². The van der Waals surface area contributed by atoms with Crippen molar-refractivity contribution in [3.05, 3.63) is 53.6 Å². The van der Waals surface area contributed by atoms with Gasteiger partial charge in [0.15, 0.2) is 0 Å². The molecule has 0 aliphatic rings. The molecule has 3 aromatic rings. The highest BCUT2D eigenvalue weighted by Crippen LogP contribution is 2.20. The number of aryl methyl sites for hydroxylation is 2. The van der Waals surface area contributed by atoms with Crippen LogP contribution in [0.5, 0.6) is 0 Å². The van der Waals surface area contributed by atoms with E-state index in [1.807, 2.05) is 41.8 Å². The van der Waals surface area contributed by atoms with Gasteiger partial charge in [0.25, 0.3) is 0 Å². The minimum absolute atomic E-state index is 0.00121. The van der Waals surface area contributed by atoms with Crippen LogP contribution in [0.25, 0.3) is 11.0 Å². The van der Waals surface area contributed by atoms with Gasteiger partial charge in [0, 0.05) is 26.1 Å². The highest BCUT2D eigenvalue weighted by atomic mass is 32.2. The van der Waals surface area contributed by atoms with Crippen LogP contribution in [0.15, 0.2) is 47.4 Å². The molecule has 1 heterocycles. The van der Waals surface area contributed by atoms with Crippen molar-refractivity contribution < 1.29 is 13.2 Å². The molecule has 0 spiro atoms. The highest BCUT2D eigenvalue weighted by Gasteiger charge is 2.18. The number of anilines is 1. The second kappa shape index (κ2) is 10.9. The van der Waals surface area contributed by atoms with Crippen molar-refractivity contribution in [3.8, 4) is 0 Å². The molecule has 9 heteroatoms. The van der Waals surface area contributed by atoms with E-state index in [1.54, 1.807) is 19.1 Å². The quantitative estimate of drug-likeness (QED) is 0.447. The lowest BCUT2D eigenvalue weighted by atomic mass is 10.2. The Bertz CT molecular complexity index is 1220. The van der Waals surface area contributed by atoms with E-state index >= 15 is 0 Å². The largest absolute Gasteiger partial charge is 0.309 e. The average Bonchev–Trinajstić information content (AvgIpc) is 3.12. The zero-order valence-electron chi connectivity index (χ0n) is 19.8. The summed E-state index contributed by atoms with van der Waals surface area (Å²) < 4.78 is 29.9. The summed E-state index contributed by atoms with van der Waals surface area (Å²) in [5, 5.41) is 2.87. The molecule has 0 saturated carbocycles. The van der Waals surface area contributed by atoms with Crippen LogP contribution < -0.4 is 10.0 Å². The number of sulfonamides is 1. The van der Waals surface area contributed by atoms with Crippen LogP contribution >= 0.6 is 0 Å². The lowest BCUT2D eigenvalue weighted by Gasteiger charge is -2.19. The minimum Gasteiger partial charge on any atom is -0.309 e. The smallest absolute Gasteiger partial charge is 0.240 e. The average molecular weight is 472 g/mol. The number of hydrogen-bond acceptors (Lipinski definition) is 5. The molecular formula is C24H33N5O3S. The molecule has 0 radical (unpaired) electrons. The summed E-state index contributed by atoms with van der Waals surface area (Å²) in [7, 11) is -3.69. The summed E-state index contributed by atoms with van der Waals surface area (Å²) in [4.78, 5) is 19.8. The summed E-state index contributed by atoms with van der Waals surface area (Å²) >= 11 is 0. The van der Waals surface area contributed by atoms with E-state index in [1.165, 1.54) is 0 Å². The van der Waals surface area contributed by atoms with Gasteiger partial charge in [-0.15, -0.1) is 0 Å². The number of benzene rings is 2. The third-order valence-electron chi connectivity index (χ3n) is 5.72. The summed E-state index contributed by atoms with van der Waals surface area (Å²) in [6, 6.07) is 13.0. The second-order valence-electron chi connectivity index (χ2n) is 8.07. The lowest BCUT2D eigenvalue weighted by molar-refractivity contribution is -0.116. The normalized spacial score (nSPS) is 11.9. The summed E-state index contributed by atoms with van der Waals surface area (Å²) in [5.74, 6) is 0.184. The van der Waals surface area contributed by atoms with Gasteiger partial charge in [-0.3, -0.25) is 10.1 Å². The number of likely N-dealkylation sites (N-methyl/N-ethyl adjacent to an activating group) is 1. The van der Waals surface area contributed by atoms with E-state index in [2.05, 4.69) is 33.8 Å². The molecule has 0 aliphatic carbocycles. The number of aromatic nitrogens is 2.